The molecule has 5 heteroatoms. The number of aromatic nitrogens is 2. The van der Waals surface area contributed by atoms with Crippen LogP contribution in [0.5, 0.6) is 0 Å². The number of rotatable bonds is 3. The predicted molar refractivity (Wildman–Crippen MR) is 70.3 cm³/mol. The van der Waals surface area contributed by atoms with Crippen molar-refractivity contribution < 1.29 is 4.79 Å². The quantitative estimate of drug-likeness (QED) is 0.900. The van der Waals surface area contributed by atoms with Gasteiger partial charge in [0.05, 0.1) is 16.6 Å². The van der Waals surface area contributed by atoms with Crippen LogP contribution in [0, 0.1) is 5.92 Å². The van der Waals surface area contributed by atoms with Crippen LogP contribution in [0.4, 0.5) is 5.69 Å². The lowest BCUT2D eigenvalue weighted by Crippen LogP contribution is -2.33. The molecule has 17 heavy (non-hydrogen) atoms. The van der Waals surface area contributed by atoms with E-state index in [-0.39, 0.29) is 11.2 Å². The molecule has 0 radical (unpaired) electrons. The van der Waals surface area contributed by atoms with Crippen molar-refractivity contribution in [3.63, 3.8) is 0 Å². The summed E-state index contributed by atoms with van der Waals surface area (Å²) >= 11 is 1.63. The van der Waals surface area contributed by atoms with Gasteiger partial charge in [0, 0.05) is 7.05 Å². The van der Waals surface area contributed by atoms with Gasteiger partial charge >= 0.3 is 0 Å². The fourth-order valence-corrected chi connectivity index (χ4v) is 3.20. The largest absolute Gasteiger partial charge is 0.321 e. The van der Waals surface area contributed by atoms with Gasteiger partial charge in [0.2, 0.25) is 5.91 Å². The minimum absolute atomic E-state index is 0.00706. The first-order valence-corrected chi connectivity index (χ1v) is 6.96. The normalized spacial score (nSPS) is 19.4. The van der Waals surface area contributed by atoms with Crippen molar-refractivity contribution in [2.45, 2.75) is 43.9 Å². The Hall–Kier alpha value is -0.970. The summed E-state index contributed by atoms with van der Waals surface area (Å²) in [6.45, 7) is 6.27. The molecular formula is C12H19N3OS. The van der Waals surface area contributed by atoms with Crippen molar-refractivity contribution in [3.05, 3.63) is 5.69 Å². The first kappa shape index (κ1) is 12.5. The molecule has 1 unspecified atom stereocenters. The maximum atomic E-state index is 12.0. The molecule has 1 aliphatic rings. The number of aryl methyl sites for hydroxylation is 2. The number of carbonyl (C=O) groups excluding carboxylic acids is 1. The van der Waals surface area contributed by atoms with Crippen LogP contribution in [0.3, 0.4) is 0 Å². The Morgan fingerprint density at radius 3 is 2.82 bits per heavy atom. The molecule has 0 bridgehead atoms. The number of anilines is 1. The predicted octanol–water partition coefficient (Wildman–Crippen LogP) is 2.44. The van der Waals surface area contributed by atoms with Gasteiger partial charge in [0.15, 0.2) is 0 Å². The number of fused-ring (bicyclic) bond motifs is 1. The molecule has 0 spiro atoms. The van der Waals surface area contributed by atoms with Crippen LogP contribution in [0.15, 0.2) is 5.03 Å². The number of amides is 1. The number of nitrogens with zero attached hydrogens (tertiary/aromatic N) is 2. The molecule has 0 aliphatic carbocycles. The van der Waals surface area contributed by atoms with Crippen molar-refractivity contribution in [2.24, 2.45) is 13.0 Å². The summed E-state index contributed by atoms with van der Waals surface area (Å²) in [7, 11) is 1.94. The first-order chi connectivity index (χ1) is 8.04. The van der Waals surface area contributed by atoms with E-state index < -0.39 is 0 Å². The van der Waals surface area contributed by atoms with Gasteiger partial charge < -0.3 is 5.32 Å². The van der Waals surface area contributed by atoms with Crippen molar-refractivity contribution in [1.29, 1.82) is 0 Å². The molecule has 1 atom stereocenters. The monoisotopic (exact) mass is 253 g/mol. The highest BCUT2D eigenvalue weighted by atomic mass is 32.2. The summed E-state index contributed by atoms with van der Waals surface area (Å²) in [5, 5.41) is 8.60. The molecular weight excluding hydrogens is 234 g/mol. The van der Waals surface area contributed by atoms with E-state index in [0.29, 0.717) is 5.92 Å². The van der Waals surface area contributed by atoms with E-state index >= 15 is 0 Å². The van der Waals surface area contributed by atoms with Gasteiger partial charge in [0.25, 0.3) is 0 Å². The fraction of sp³-hybridized carbons (Fsp3) is 0.667. The van der Waals surface area contributed by atoms with Crippen molar-refractivity contribution in [2.75, 3.05) is 5.32 Å². The second-order valence-electron chi connectivity index (χ2n) is 4.77. The van der Waals surface area contributed by atoms with Gasteiger partial charge in [-0.15, -0.1) is 0 Å². The minimum Gasteiger partial charge on any atom is -0.321 e. The number of carbonyl (C=O) groups is 1. The second-order valence-corrected chi connectivity index (χ2v) is 5.90. The minimum atomic E-state index is -0.00706. The van der Waals surface area contributed by atoms with E-state index in [1.165, 1.54) is 0 Å². The summed E-state index contributed by atoms with van der Waals surface area (Å²) in [5.41, 5.74) is 1.94. The van der Waals surface area contributed by atoms with Crippen LogP contribution in [0.25, 0.3) is 0 Å². The highest BCUT2D eigenvalue weighted by molar-refractivity contribution is 8.00. The van der Waals surface area contributed by atoms with E-state index in [4.69, 9.17) is 0 Å². The topological polar surface area (TPSA) is 46.9 Å². The Bertz CT molecular complexity index is 439. The zero-order valence-electron chi connectivity index (χ0n) is 10.8. The van der Waals surface area contributed by atoms with E-state index in [2.05, 4.69) is 31.2 Å². The molecule has 4 nitrogen and oxygen atoms in total. The van der Waals surface area contributed by atoms with Gasteiger partial charge in [-0.05, 0) is 12.3 Å². The standard InChI is InChI=1S/C12H19N3OS/c1-5-6-8-9-12(15(4)14-8)17-10(7(2)3)11(16)13-9/h7,10H,5-6H2,1-4H3,(H,13,16). The zero-order valence-corrected chi connectivity index (χ0v) is 11.6. The van der Waals surface area contributed by atoms with E-state index in [1.54, 1.807) is 11.8 Å². The Kier molecular flexibility index (Phi) is 3.47. The lowest BCUT2D eigenvalue weighted by molar-refractivity contribution is -0.116. The van der Waals surface area contributed by atoms with Gasteiger partial charge in [-0.1, -0.05) is 39.0 Å². The third-order valence-electron chi connectivity index (χ3n) is 2.90. The van der Waals surface area contributed by atoms with Crippen LogP contribution in [-0.4, -0.2) is 20.9 Å². The van der Waals surface area contributed by atoms with Crippen LogP contribution in [0.2, 0.25) is 0 Å². The van der Waals surface area contributed by atoms with Crippen molar-refractivity contribution in [1.82, 2.24) is 9.78 Å². The fourth-order valence-electron chi connectivity index (χ4n) is 2.04. The third kappa shape index (κ3) is 2.20. The highest BCUT2D eigenvalue weighted by Crippen LogP contribution is 2.40. The summed E-state index contributed by atoms with van der Waals surface area (Å²) in [5.74, 6) is 0.445. The van der Waals surface area contributed by atoms with E-state index in [1.807, 2.05) is 11.7 Å². The average Bonchev–Trinajstić information content (AvgIpc) is 2.55. The number of nitrogens with one attached hydrogen (secondary N) is 1. The molecule has 2 rings (SSSR count). The molecule has 1 aromatic heterocycles. The van der Waals surface area contributed by atoms with Gasteiger partial charge in [-0.2, -0.15) is 5.10 Å². The van der Waals surface area contributed by atoms with Crippen LogP contribution >= 0.6 is 11.8 Å². The smallest absolute Gasteiger partial charge is 0.238 e. The van der Waals surface area contributed by atoms with Crippen molar-refractivity contribution >= 4 is 23.4 Å². The number of hydrogen-bond acceptors (Lipinski definition) is 3. The van der Waals surface area contributed by atoms with Gasteiger partial charge in [-0.3, -0.25) is 9.48 Å². The maximum Gasteiger partial charge on any atom is 0.238 e. The number of thioether (sulfide) groups is 1. The molecule has 0 saturated heterocycles. The van der Waals surface area contributed by atoms with Crippen molar-refractivity contribution in [3.8, 4) is 0 Å². The molecule has 1 aromatic rings. The highest BCUT2D eigenvalue weighted by Gasteiger charge is 2.33. The lowest BCUT2D eigenvalue weighted by Gasteiger charge is -2.25. The van der Waals surface area contributed by atoms with E-state index in [9.17, 15) is 4.79 Å². The summed E-state index contributed by atoms with van der Waals surface area (Å²) in [6.07, 6.45) is 1.95. The molecule has 0 aromatic carbocycles. The average molecular weight is 253 g/mol. The molecule has 2 heterocycles. The number of hydrogen-bond donors (Lipinski definition) is 1. The summed E-state index contributed by atoms with van der Waals surface area (Å²) < 4.78 is 1.89. The third-order valence-corrected chi connectivity index (χ3v) is 4.61. The Labute approximate surface area is 106 Å². The van der Waals surface area contributed by atoms with Crippen LogP contribution in [-0.2, 0) is 18.3 Å². The Morgan fingerprint density at radius 2 is 2.24 bits per heavy atom. The molecule has 0 fully saturated rings. The Morgan fingerprint density at radius 1 is 1.53 bits per heavy atom. The SMILES string of the molecule is CCCc1nn(C)c2c1NC(=O)C(C(C)C)S2. The van der Waals surface area contributed by atoms with Crippen LogP contribution < -0.4 is 5.32 Å². The summed E-state index contributed by atoms with van der Waals surface area (Å²) in [4.78, 5) is 12.0. The molecule has 1 N–H and O–H groups in total. The Balaban J connectivity index is 2.35. The molecule has 1 aliphatic heterocycles. The second kappa shape index (κ2) is 4.72. The zero-order chi connectivity index (χ0) is 12.6. The molecule has 0 saturated carbocycles. The van der Waals surface area contributed by atoms with E-state index in [0.717, 1.165) is 29.2 Å². The molecule has 94 valence electrons. The molecule has 1 amide bonds. The maximum absolute atomic E-state index is 12.0. The lowest BCUT2D eigenvalue weighted by atomic mass is 10.1. The summed E-state index contributed by atoms with van der Waals surface area (Å²) in [6, 6.07) is 0. The van der Waals surface area contributed by atoms with Gasteiger partial charge in [0.1, 0.15) is 5.03 Å². The first-order valence-electron chi connectivity index (χ1n) is 6.08. The van der Waals surface area contributed by atoms with Gasteiger partial charge in [-0.25, -0.2) is 0 Å². The van der Waals surface area contributed by atoms with Crippen LogP contribution in [0.1, 0.15) is 32.9 Å².